The van der Waals surface area contributed by atoms with Crippen LogP contribution in [0.25, 0.3) is 0 Å². The quantitative estimate of drug-likeness (QED) is 0.691. The lowest BCUT2D eigenvalue weighted by Gasteiger charge is -2.48. The average molecular weight is 387 g/mol. The van der Waals surface area contributed by atoms with Crippen LogP contribution in [-0.4, -0.2) is 48.0 Å². The molecule has 0 saturated carbocycles. The minimum atomic E-state index is -0.558. The zero-order chi connectivity index (χ0) is 19.4. The molecule has 6 aliphatic heterocycles. The van der Waals surface area contributed by atoms with Gasteiger partial charge in [-0.1, -0.05) is 26.7 Å². The van der Waals surface area contributed by atoms with Gasteiger partial charge in [-0.15, -0.1) is 0 Å². The topological polar surface area (TPSA) is 57.2 Å². The predicted molar refractivity (Wildman–Crippen MR) is 99.6 cm³/mol. The first-order chi connectivity index (χ1) is 13.5. The first-order valence-corrected chi connectivity index (χ1v) is 10.8. The monoisotopic (exact) mass is 387 g/mol. The summed E-state index contributed by atoms with van der Waals surface area (Å²) in [5.74, 6) is 1.64. The van der Waals surface area contributed by atoms with E-state index in [0.717, 1.165) is 25.1 Å². The summed E-state index contributed by atoms with van der Waals surface area (Å²) in [7, 11) is 1.58. The van der Waals surface area contributed by atoms with Crippen molar-refractivity contribution >= 4 is 5.97 Å². The van der Waals surface area contributed by atoms with Crippen molar-refractivity contribution in [3.05, 3.63) is 22.9 Å². The minimum Gasteiger partial charge on any atom is -0.492 e. The molecule has 152 valence electrons. The van der Waals surface area contributed by atoms with E-state index in [4.69, 9.17) is 18.9 Å². The summed E-state index contributed by atoms with van der Waals surface area (Å²) in [4.78, 5) is 14.9. The Balaban J connectivity index is 1.46. The van der Waals surface area contributed by atoms with Gasteiger partial charge in [-0.3, -0.25) is 4.90 Å². The van der Waals surface area contributed by atoms with Gasteiger partial charge >= 0.3 is 5.97 Å². The first kappa shape index (κ1) is 17.3. The predicted octanol–water partition coefficient (Wildman–Crippen LogP) is 3.09. The van der Waals surface area contributed by atoms with E-state index in [9.17, 15) is 4.79 Å². The Hall–Kier alpha value is -1.53. The molecule has 0 radical (unpaired) electrons. The molecule has 6 heteroatoms. The lowest BCUT2D eigenvalue weighted by atomic mass is 9.69. The molecule has 0 aliphatic carbocycles. The fourth-order valence-corrected chi connectivity index (χ4v) is 7.64. The number of rotatable bonds is 4. The molecule has 0 N–H and O–H groups in total. The lowest BCUT2D eigenvalue weighted by Crippen LogP contribution is -2.61. The van der Waals surface area contributed by atoms with Crippen molar-refractivity contribution in [1.29, 1.82) is 0 Å². The second-order valence-electron chi connectivity index (χ2n) is 9.42. The maximum Gasteiger partial charge on any atom is 0.343 e. The molecule has 0 aromatic heterocycles. The van der Waals surface area contributed by atoms with Crippen LogP contribution in [-0.2, 0) is 23.7 Å². The summed E-state index contributed by atoms with van der Waals surface area (Å²) in [6.07, 6.45) is 6.15. The minimum absolute atomic E-state index is 0.134. The van der Waals surface area contributed by atoms with E-state index in [-0.39, 0.29) is 29.4 Å². The van der Waals surface area contributed by atoms with E-state index in [0.29, 0.717) is 29.1 Å². The maximum atomic E-state index is 12.2. The first-order valence-electron chi connectivity index (χ1n) is 10.8. The van der Waals surface area contributed by atoms with Gasteiger partial charge < -0.3 is 18.9 Å². The molecule has 5 saturated heterocycles. The normalized spacial score (nSPS) is 52.5. The number of hydrogen-bond acceptors (Lipinski definition) is 6. The Morgan fingerprint density at radius 3 is 2.93 bits per heavy atom. The van der Waals surface area contributed by atoms with Crippen LogP contribution in [0, 0.1) is 17.8 Å². The van der Waals surface area contributed by atoms with Crippen LogP contribution in [0.5, 0.6) is 0 Å². The van der Waals surface area contributed by atoms with Gasteiger partial charge in [0.05, 0.1) is 30.2 Å². The molecule has 0 aromatic rings. The van der Waals surface area contributed by atoms with Crippen LogP contribution in [0.1, 0.15) is 52.9 Å². The molecular weight excluding hydrogens is 358 g/mol. The number of carbonyl (C=O) groups is 1. The number of ether oxygens (including phenoxy) is 4. The molecule has 5 fully saturated rings. The molecule has 0 amide bonds. The number of esters is 1. The fourth-order valence-electron chi connectivity index (χ4n) is 7.64. The third-order valence-electron chi connectivity index (χ3n) is 8.53. The molecule has 6 nitrogen and oxygen atoms in total. The van der Waals surface area contributed by atoms with Gasteiger partial charge in [0.15, 0.2) is 5.76 Å². The van der Waals surface area contributed by atoms with Crippen LogP contribution in [0.3, 0.4) is 0 Å². The molecule has 6 heterocycles. The molecule has 3 unspecified atom stereocenters. The number of carbonyl (C=O) groups excluding carboxylic acids is 1. The Kier molecular flexibility index (Phi) is 3.30. The van der Waals surface area contributed by atoms with Gasteiger partial charge in [-0.25, -0.2) is 4.79 Å². The fraction of sp³-hybridized carbons (Fsp3) is 0.773. The Bertz CT molecular complexity index is 833. The van der Waals surface area contributed by atoms with Crippen LogP contribution in [0.15, 0.2) is 22.9 Å². The summed E-state index contributed by atoms with van der Waals surface area (Å²) >= 11 is 0. The number of piperidine rings is 1. The molecule has 6 rings (SSSR count). The van der Waals surface area contributed by atoms with E-state index in [2.05, 4.69) is 18.7 Å². The molecule has 1 spiro atoms. The van der Waals surface area contributed by atoms with Gasteiger partial charge in [0.2, 0.25) is 11.5 Å². The molecule has 28 heavy (non-hydrogen) atoms. The summed E-state index contributed by atoms with van der Waals surface area (Å²) in [6.45, 7) is 7.37. The number of fused-ring (bicyclic) bond motifs is 1. The van der Waals surface area contributed by atoms with Gasteiger partial charge in [0.25, 0.3) is 0 Å². The van der Waals surface area contributed by atoms with Crippen LogP contribution < -0.4 is 0 Å². The standard InChI is InChI=1S/C22H29NO5/c1-5-6-8-21-14-7-9-23(21)13-10-15(21)27-22(14)16(13)11(2)18(28-22)19-17(25-4)12(3)20(24)26-19/h11,13-16H,5-10H2,1-4H3/b19-18+/t11-,13-,14?,15-,16?,21-,22+/m1/s1. The van der Waals surface area contributed by atoms with Crippen molar-refractivity contribution in [2.45, 2.75) is 76.3 Å². The van der Waals surface area contributed by atoms with Crippen molar-refractivity contribution in [2.24, 2.45) is 17.8 Å². The Morgan fingerprint density at radius 2 is 2.18 bits per heavy atom. The van der Waals surface area contributed by atoms with Gasteiger partial charge in [0, 0.05) is 17.9 Å². The second kappa shape index (κ2) is 5.33. The third kappa shape index (κ3) is 1.65. The van der Waals surface area contributed by atoms with E-state index < -0.39 is 5.79 Å². The number of allylic oxidation sites excluding steroid dienone is 1. The van der Waals surface area contributed by atoms with E-state index in [1.54, 1.807) is 14.0 Å². The Labute approximate surface area is 165 Å². The summed E-state index contributed by atoms with van der Waals surface area (Å²) in [6, 6.07) is 0.496. The number of cyclic esters (lactones) is 1. The van der Waals surface area contributed by atoms with Crippen molar-refractivity contribution in [3.63, 3.8) is 0 Å². The second-order valence-corrected chi connectivity index (χ2v) is 9.42. The third-order valence-corrected chi connectivity index (χ3v) is 8.53. The zero-order valence-electron chi connectivity index (χ0n) is 17.1. The van der Waals surface area contributed by atoms with Crippen LogP contribution in [0.2, 0.25) is 0 Å². The van der Waals surface area contributed by atoms with Gasteiger partial charge in [-0.05, 0) is 32.7 Å². The smallest absolute Gasteiger partial charge is 0.343 e. The summed E-state index contributed by atoms with van der Waals surface area (Å²) < 4.78 is 24.7. The molecule has 5 bridgehead atoms. The highest BCUT2D eigenvalue weighted by Crippen LogP contribution is 2.73. The summed E-state index contributed by atoms with van der Waals surface area (Å²) in [5.41, 5.74) is 0.659. The number of hydrogen-bond donors (Lipinski definition) is 0. The van der Waals surface area contributed by atoms with Gasteiger partial charge in [0.1, 0.15) is 5.76 Å². The lowest BCUT2D eigenvalue weighted by molar-refractivity contribution is -0.256. The molecular formula is C22H29NO5. The number of nitrogens with zero attached hydrogens (tertiary/aromatic N) is 1. The SMILES string of the molecule is CCCC[C@]12C3CCN1[C@@H]1C[C@H]2O[C@]32O/C(=C3/OC(=O)C(C)=C3OC)[C@H](C)C12. The van der Waals surface area contributed by atoms with Crippen molar-refractivity contribution in [1.82, 2.24) is 4.90 Å². The highest BCUT2D eigenvalue weighted by Gasteiger charge is 2.84. The largest absolute Gasteiger partial charge is 0.492 e. The van der Waals surface area contributed by atoms with Crippen molar-refractivity contribution in [2.75, 3.05) is 13.7 Å². The molecule has 8 atom stereocenters. The highest BCUT2D eigenvalue weighted by molar-refractivity contribution is 5.93. The molecule has 0 aromatic carbocycles. The number of unbranched alkanes of at least 4 members (excludes halogenated alkanes) is 1. The average Bonchev–Trinajstić information content (AvgIpc) is 3.38. The number of methoxy groups -OCH3 is 1. The van der Waals surface area contributed by atoms with E-state index in [1.807, 2.05) is 0 Å². The van der Waals surface area contributed by atoms with Crippen LogP contribution in [0.4, 0.5) is 0 Å². The van der Waals surface area contributed by atoms with E-state index in [1.165, 1.54) is 19.3 Å². The Morgan fingerprint density at radius 1 is 1.36 bits per heavy atom. The molecule has 6 aliphatic rings. The van der Waals surface area contributed by atoms with Crippen molar-refractivity contribution in [3.8, 4) is 0 Å². The van der Waals surface area contributed by atoms with E-state index >= 15 is 0 Å². The van der Waals surface area contributed by atoms with Crippen molar-refractivity contribution < 1.29 is 23.7 Å². The zero-order valence-corrected chi connectivity index (χ0v) is 17.1. The highest BCUT2D eigenvalue weighted by atomic mass is 16.7. The maximum absolute atomic E-state index is 12.2. The summed E-state index contributed by atoms with van der Waals surface area (Å²) in [5, 5.41) is 0. The van der Waals surface area contributed by atoms with Crippen LogP contribution >= 0.6 is 0 Å². The van der Waals surface area contributed by atoms with Gasteiger partial charge in [-0.2, -0.15) is 0 Å².